The highest BCUT2D eigenvalue weighted by Gasteiger charge is 2.15. The summed E-state index contributed by atoms with van der Waals surface area (Å²) in [6.45, 7) is 2.19. The highest BCUT2D eigenvalue weighted by molar-refractivity contribution is 7.99. The predicted molar refractivity (Wildman–Crippen MR) is 72.9 cm³/mol. The van der Waals surface area contributed by atoms with Gasteiger partial charge < -0.3 is 13.9 Å². The van der Waals surface area contributed by atoms with E-state index in [0.29, 0.717) is 5.75 Å². The van der Waals surface area contributed by atoms with Gasteiger partial charge in [0.05, 0.1) is 13.2 Å². The molecule has 2 rings (SSSR count). The van der Waals surface area contributed by atoms with Gasteiger partial charge in [-0.15, -0.1) is 5.10 Å². The van der Waals surface area contributed by atoms with E-state index >= 15 is 0 Å². The number of carbonyl (C=O) groups excluding carboxylic acids is 1. The van der Waals surface area contributed by atoms with Gasteiger partial charge in [0.1, 0.15) is 0 Å². The molecule has 0 spiro atoms. The summed E-state index contributed by atoms with van der Waals surface area (Å²) >= 11 is 1.21. The maximum Gasteiger partial charge on any atom is 0.396 e. The molecular formula is C13H13FN2O4S. The van der Waals surface area contributed by atoms with E-state index in [2.05, 4.69) is 10.2 Å². The van der Waals surface area contributed by atoms with Gasteiger partial charge in [0.2, 0.25) is 0 Å². The molecule has 0 N–H and O–H groups in total. The van der Waals surface area contributed by atoms with Crippen molar-refractivity contribution in [1.29, 1.82) is 0 Å². The van der Waals surface area contributed by atoms with Crippen LogP contribution in [0.1, 0.15) is 17.6 Å². The van der Waals surface area contributed by atoms with Crippen LogP contribution in [0.2, 0.25) is 0 Å². The van der Waals surface area contributed by atoms with Gasteiger partial charge in [0.25, 0.3) is 5.22 Å². The van der Waals surface area contributed by atoms with Crippen molar-refractivity contribution in [2.45, 2.75) is 12.1 Å². The molecule has 0 fully saturated rings. The fourth-order valence-electron chi connectivity index (χ4n) is 1.39. The monoisotopic (exact) mass is 312 g/mol. The van der Waals surface area contributed by atoms with Crippen molar-refractivity contribution in [1.82, 2.24) is 10.2 Å². The number of nitrogens with zero attached hydrogens (tertiary/aromatic N) is 2. The van der Waals surface area contributed by atoms with E-state index < -0.39 is 11.8 Å². The van der Waals surface area contributed by atoms with E-state index in [-0.39, 0.29) is 30.1 Å². The molecule has 0 unspecified atom stereocenters. The van der Waals surface area contributed by atoms with Crippen LogP contribution in [0.4, 0.5) is 4.39 Å². The van der Waals surface area contributed by atoms with Crippen LogP contribution in [0, 0.1) is 5.82 Å². The summed E-state index contributed by atoms with van der Waals surface area (Å²) in [7, 11) is 0. The fraction of sp³-hybridized carbons (Fsp3) is 0.308. The first-order chi connectivity index (χ1) is 10.2. The van der Waals surface area contributed by atoms with Gasteiger partial charge in [-0.05, 0) is 19.1 Å². The first-order valence-electron chi connectivity index (χ1n) is 6.21. The Kier molecular flexibility index (Phi) is 5.56. The van der Waals surface area contributed by atoms with Crippen molar-refractivity contribution < 1.29 is 23.1 Å². The van der Waals surface area contributed by atoms with Gasteiger partial charge in [-0.2, -0.15) is 0 Å². The Morgan fingerprint density at radius 1 is 1.38 bits per heavy atom. The maximum atomic E-state index is 13.3. The molecule has 6 nitrogen and oxygen atoms in total. The van der Waals surface area contributed by atoms with Crippen LogP contribution in [0.3, 0.4) is 0 Å². The van der Waals surface area contributed by atoms with E-state index in [0.717, 1.165) is 0 Å². The second-order valence-electron chi connectivity index (χ2n) is 3.72. The molecule has 0 aliphatic rings. The molecule has 112 valence electrons. The van der Waals surface area contributed by atoms with Crippen LogP contribution in [0.5, 0.6) is 5.75 Å². The number of hydrogen-bond donors (Lipinski definition) is 0. The van der Waals surface area contributed by atoms with Gasteiger partial charge in [-0.1, -0.05) is 29.0 Å². The lowest BCUT2D eigenvalue weighted by atomic mass is 10.3. The second kappa shape index (κ2) is 7.63. The quantitative estimate of drug-likeness (QED) is 0.442. The van der Waals surface area contributed by atoms with Crippen LogP contribution >= 0.6 is 11.8 Å². The third-order valence-corrected chi connectivity index (χ3v) is 3.04. The molecule has 0 aliphatic carbocycles. The number of carbonyl (C=O) groups is 1. The van der Waals surface area contributed by atoms with E-state index in [1.54, 1.807) is 25.1 Å². The topological polar surface area (TPSA) is 74.5 Å². The zero-order chi connectivity index (χ0) is 15.1. The van der Waals surface area contributed by atoms with Crippen molar-refractivity contribution in [3.8, 4) is 5.75 Å². The SMILES string of the molecule is CCOC(=O)c1nnc(SCCOc2ccccc2F)o1. The maximum absolute atomic E-state index is 13.3. The highest BCUT2D eigenvalue weighted by Crippen LogP contribution is 2.18. The molecule has 21 heavy (non-hydrogen) atoms. The van der Waals surface area contributed by atoms with Crippen LogP contribution in [-0.4, -0.2) is 35.1 Å². The Morgan fingerprint density at radius 2 is 2.19 bits per heavy atom. The highest BCUT2D eigenvalue weighted by atomic mass is 32.2. The Labute approximate surface area is 124 Å². The molecule has 0 atom stereocenters. The largest absolute Gasteiger partial charge is 0.490 e. The minimum atomic E-state index is -0.653. The number of aromatic nitrogens is 2. The summed E-state index contributed by atoms with van der Waals surface area (Å²) in [5.41, 5.74) is 0. The molecule has 1 heterocycles. The first kappa shape index (κ1) is 15.3. The Balaban J connectivity index is 1.76. The number of halogens is 1. The molecule has 8 heteroatoms. The van der Waals surface area contributed by atoms with E-state index in [1.807, 2.05) is 0 Å². The Hall–Kier alpha value is -2.09. The number of para-hydroxylation sites is 1. The van der Waals surface area contributed by atoms with Gasteiger partial charge in [0, 0.05) is 5.75 Å². The summed E-state index contributed by atoms with van der Waals surface area (Å²) in [6.07, 6.45) is 0. The summed E-state index contributed by atoms with van der Waals surface area (Å²) in [5.74, 6) is -0.590. The van der Waals surface area contributed by atoms with Crippen LogP contribution in [0.15, 0.2) is 33.9 Å². The summed E-state index contributed by atoms with van der Waals surface area (Å²) in [5, 5.41) is 7.50. The molecule has 0 saturated carbocycles. The van der Waals surface area contributed by atoms with Gasteiger partial charge in [-0.25, -0.2) is 9.18 Å². The third kappa shape index (κ3) is 4.45. The third-order valence-electron chi connectivity index (χ3n) is 2.26. The van der Waals surface area contributed by atoms with Crippen LogP contribution < -0.4 is 4.74 Å². The lowest BCUT2D eigenvalue weighted by molar-refractivity contribution is 0.0475. The van der Waals surface area contributed by atoms with Crippen molar-refractivity contribution in [2.75, 3.05) is 19.0 Å². The van der Waals surface area contributed by atoms with Gasteiger partial charge in [0.15, 0.2) is 11.6 Å². The van der Waals surface area contributed by atoms with E-state index in [9.17, 15) is 9.18 Å². The van der Waals surface area contributed by atoms with E-state index in [4.69, 9.17) is 13.9 Å². The fourth-order valence-corrected chi connectivity index (χ4v) is 1.96. The van der Waals surface area contributed by atoms with Gasteiger partial charge in [-0.3, -0.25) is 0 Å². The number of ether oxygens (including phenoxy) is 2. The lowest BCUT2D eigenvalue weighted by Crippen LogP contribution is -2.04. The van der Waals surface area contributed by atoms with Crippen molar-refractivity contribution in [3.63, 3.8) is 0 Å². The predicted octanol–water partition coefficient (Wildman–Crippen LogP) is 2.56. The van der Waals surface area contributed by atoms with Crippen molar-refractivity contribution >= 4 is 17.7 Å². The molecule has 0 radical (unpaired) electrons. The molecular weight excluding hydrogens is 299 g/mol. The minimum Gasteiger partial charge on any atom is -0.490 e. The second-order valence-corrected chi connectivity index (χ2v) is 4.77. The van der Waals surface area contributed by atoms with Crippen LogP contribution in [0.25, 0.3) is 0 Å². The number of thioether (sulfide) groups is 1. The summed E-state index contributed by atoms with van der Waals surface area (Å²) < 4.78 is 28.4. The molecule has 2 aromatic rings. The molecule has 0 bridgehead atoms. The summed E-state index contributed by atoms with van der Waals surface area (Å²) in [6, 6.07) is 6.15. The molecule has 0 saturated heterocycles. The molecule has 0 amide bonds. The van der Waals surface area contributed by atoms with Crippen LogP contribution in [-0.2, 0) is 4.74 Å². The number of benzene rings is 1. The molecule has 1 aromatic carbocycles. The zero-order valence-electron chi connectivity index (χ0n) is 11.2. The molecule has 0 aliphatic heterocycles. The Bertz CT molecular complexity index is 605. The zero-order valence-corrected chi connectivity index (χ0v) is 12.1. The average Bonchev–Trinajstić information content (AvgIpc) is 2.94. The first-order valence-corrected chi connectivity index (χ1v) is 7.20. The van der Waals surface area contributed by atoms with Crippen molar-refractivity contribution in [3.05, 3.63) is 36.0 Å². The smallest absolute Gasteiger partial charge is 0.396 e. The van der Waals surface area contributed by atoms with Gasteiger partial charge >= 0.3 is 11.9 Å². The number of esters is 1. The van der Waals surface area contributed by atoms with E-state index in [1.165, 1.54) is 17.8 Å². The standard InChI is InChI=1S/C13H13FN2O4S/c1-2-18-12(17)11-15-16-13(20-11)21-8-7-19-10-6-4-3-5-9(10)14/h3-6H,2,7-8H2,1H3. The number of rotatable bonds is 7. The minimum absolute atomic E-state index is 0.186. The Morgan fingerprint density at radius 3 is 2.95 bits per heavy atom. The molecule has 1 aromatic heterocycles. The summed E-state index contributed by atoms with van der Waals surface area (Å²) in [4.78, 5) is 11.3. The normalized spacial score (nSPS) is 10.4. The number of hydrogen-bond acceptors (Lipinski definition) is 7. The lowest BCUT2D eigenvalue weighted by Gasteiger charge is -2.05. The average molecular weight is 312 g/mol. The van der Waals surface area contributed by atoms with Crippen molar-refractivity contribution in [2.24, 2.45) is 0 Å².